The van der Waals surface area contributed by atoms with Gasteiger partial charge in [-0.15, -0.1) is 0 Å². The number of benzene rings is 2. The lowest BCUT2D eigenvalue weighted by atomic mass is 9.96. The summed E-state index contributed by atoms with van der Waals surface area (Å²) in [7, 11) is 0. The van der Waals surface area contributed by atoms with Gasteiger partial charge < -0.3 is 14.8 Å². The van der Waals surface area contributed by atoms with Crippen molar-refractivity contribution >= 4 is 38.9 Å². The number of halogens is 1. The molecule has 0 amide bonds. The number of thiocarbonyl (C=S) groups is 1. The molecule has 178 valence electrons. The highest BCUT2D eigenvalue weighted by Gasteiger charge is 2.42. The lowest BCUT2D eigenvalue weighted by Gasteiger charge is -2.28. The fourth-order valence-electron chi connectivity index (χ4n) is 5.07. The maximum Gasteiger partial charge on any atom is 0.174 e. The third kappa shape index (κ3) is 4.41. The number of rotatable bonds is 5. The highest BCUT2D eigenvalue weighted by atomic mass is 79.9. The van der Waals surface area contributed by atoms with Crippen molar-refractivity contribution in [3.8, 4) is 5.69 Å². The van der Waals surface area contributed by atoms with Crippen molar-refractivity contribution in [2.24, 2.45) is 0 Å². The Bertz CT molecular complexity index is 1360. The van der Waals surface area contributed by atoms with E-state index in [0.29, 0.717) is 5.92 Å². The summed E-state index contributed by atoms with van der Waals surface area (Å²) in [6.07, 6.45) is 1.85. The Hall–Kier alpha value is -2.96. The van der Waals surface area contributed by atoms with Crippen molar-refractivity contribution in [1.29, 1.82) is 0 Å². The lowest BCUT2D eigenvalue weighted by Crippen LogP contribution is -2.29. The fourth-order valence-corrected chi connectivity index (χ4v) is 5.80. The van der Waals surface area contributed by atoms with Gasteiger partial charge in [-0.25, -0.2) is 0 Å². The summed E-state index contributed by atoms with van der Waals surface area (Å²) in [6, 6.07) is 25.5. The molecule has 1 N–H and O–H groups in total. The molecule has 5 rings (SSSR count). The first kappa shape index (κ1) is 23.8. The zero-order valence-corrected chi connectivity index (χ0v) is 22.8. The molecule has 4 aromatic rings. The summed E-state index contributed by atoms with van der Waals surface area (Å²) in [5, 5.41) is 4.31. The topological polar surface area (TPSA) is 33.1 Å². The van der Waals surface area contributed by atoms with E-state index in [1.807, 2.05) is 18.3 Å². The minimum absolute atomic E-state index is 0.0330. The van der Waals surface area contributed by atoms with Crippen LogP contribution >= 0.6 is 28.1 Å². The molecular weight excluding hydrogens is 516 g/mol. The van der Waals surface area contributed by atoms with E-state index in [2.05, 4.69) is 119 Å². The van der Waals surface area contributed by atoms with Gasteiger partial charge in [0.25, 0.3) is 0 Å². The van der Waals surface area contributed by atoms with Crippen LogP contribution in [-0.4, -0.2) is 14.7 Å². The second-order valence-electron chi connectivity index (χ2n) is 9.38. The van der Waals surface area contributed by atoms with Crippen LogP contribution in [0.3, 0.4) is 0 Å². The van der Waals surface area contributed by atoms with Crippen LogP contribution in [0.25, 0.3) is 5.69 Å². The van der Waals surface area contributed by atoms with Crippen LogP contribution in [0.1, 0.15) is 60.1 Å². The van der Waals surface area contributed by atoms with Crippen molar-refractivity contribution < 1.29 is 0 Å². The van der Waals surface area contributed by atoms with Crippen molar-refractivity contribution in [2.45, 2.75) is 45.7 Å². The van der Waals surface area contributed by atoms with Gasteiger partial charge in [0, 0.05) is 33.4 Å². The normalized spacial score (nSPS) is 17.8. The Morgan fingerprint density at radius 1 is 0.943 bits per heavy atom. The van der Waals surface area contributed by atoms with Crippen LogP contribution < -0.4 is 10.2 Å². The van der Waals surface area contributed by atoms with Crippen molar-refractivity contribution in [3.63, 3.8) is 0 Å². The van der Waals surface area contributed by atoms with Gasteiger partial charge >= 0.3 is 0 Å². The Balaban J connectivity index is 1.66. The Kier molecular flexibility index (Phi) is 6.51. The lowest BCUT2D eigenvalue weighted by molar-refractivity contribution is 0.565. The van der Waals surface area contributed by atoms with E-state index in [-0.39, 0.29) is 12.1 Å². The van der Waals surface area contributed by atoms with E-state index in [0.717, 1.165) is 26.7 Å². The minimum Gasteiger partial charge on any atom is -0.351 e. The smallest absolute Gasteiger partial charge is 0.174 e. The quantitative estimate of drug-likeness (QED) is 0.263. The van der Waals surface area contributed by atoms with Crippen LogP contribution in [0.15, 0.2) is 83.5 Å². The SMILES string of the molecule is Cc1cc([C@@H]2[C@H](c3ccccn3)NC(=S)N2c2ccc(C(C)C)cc2)c(C)n1-c1cccc(Br)c1. The molecule has 6 heteroatoms. The second-order valence-corrected chi connectivity index (χ2v) is 10.7. The number of aryl methyl sites for hydroxylation is 1. The van der Waals surface area contributed by atoms with E-state index >= 15 is 0 Å². The predicted octanol–water partition coefficient (Wildman–Crippen LogP) is 7.55. The second kappa shape index (κ2) is 9.59. The van der Waals surface area contributed by atoms with Crippen LogP contribution in [0.5, 0.6) is 0 Å². The summed E-state index contributed by atoms with van der Waals surface area (Å²) in [4.78, 5) is 6.96. The van der Waals surface area contributed by atoms with Gasteiger partial charge in [-0.05, 0) is 91.6 Å². The van der Waals surface area contributed by atoms with Gasteiger partial charge in [0.2, 0.25) is 0 Å². The first-order valence-corrected chi connectivity index (χ1v) is 13.1. The standard InChI is InChI=1S/C29H29BrN4S/c1-18(2)21-11-13-23(14-12-21)34-28(27(32-29(34)35)26-10-5-6-15-31-26)25-16-19(3)33(20(25)4)24-9-7-8-22(30)17-24/h5-18,27-28H,1-4H3,(H,32,35)/t27-,28+/m0/s1. The molecule has 3 heterocycles. The first-order chi connectivity index (χ1) is 16.8. The van der Waals surface area contributed by atoms with Gasteiger partial charge in [-0.1, -0.05) is 54.0 Å². The maximum absolute atomic E-state index is 5.93. The number of hydrogen-bond acceptors (Lipinski definition) is 2. The van der Waals surface area contributed by atoms with E-state index in [4.69, 9.17) is 17.2 Å². The van der Waals surface area contributed by atoms with Gasteiger partial charge in [-0.2, -0.15) is 0 Å². The van der Waals surface area contributed by atoms with Gasteiger partial charge in [0.1, 0.15) is 0 Å². The molecule has 0 bridgehead atoms. The van der Waals surface area contributed by atoms with Gasteiger partial charge in [0.15, 0.2) is 5.11 Å². The summed E-state index contributed by atoms with van der Waals surface area (Å²) in [6.45, 7) is 8.79. The number of pyridine rings is 1. The van der Waals surface area contributed by atoms with E-state index in [1.165, 1.54) is 22.5 Å². The molecule has 0 radical (unpaired) electrons. The third-order valence-electron chi connectivity index (χ3n) is 6.79. The van der Waals surface area contributed by atoms with Crippen molar-refractivity contribution in [2.75, 3.05) is 4.90 Å². The molecule has 1 saturated heterocycles. The Labute approximate surface area is 221 Å². The zero-order chi connectivity index (χ0) is 24.7. The maximum atomic E-state index is 5.93. The molecule has 0 spiro atoms. The molecule has 0 saturated carbocycles. The Morgan fingerprint density at radius 2 is 1.71 bits per heavy atom. The molecule has 35 heavy (non-hydrogen) atoms. The van der Waals surface area contributed by atoms with E-state index in [1.54, 1.807) is 0 Å². The average molecular weight is 546 g/mol. The van der Waals surface area contributed by atoms with Gasteiger partial charge in [-0.3, -0.25) is 4.98 Å². The van der Waals surface area contributed by atoms with Crippen molar-refractivity contribution in [3.05, 3.63) is 112 Å². The van der Waals surface area contributed by atoms with E-state index < -0.39 is 0 Å². The first-order valence-electron chi connectivity index (χ1n) is 11.9. The largest absolute Gasteiger partial charge is 0.351 e. The van der Waals surface area contributed by atoms with Crippen LogP contribution in [-0.2, 0) is 0 Å². The third-order valence-corrected chi connectivity index (χ3v) is 7.60. The molecule has 1 fully saturated rings. The number of anilines is 1. The highest BCUT2D eigenvalue weighted by Crippen LogP contribution is 2.44. The number of nitrogens with zero attached hydrogens (tertiary/aromatic N) is 3. The van der Waals surface area contributed by atoms with Crippen LogP contribution in [0.2, 0.25) is 0 Å². The average Bonchev–Trinajstić information content (AvgIpc) is 3.34. The molecule has 1 aliphatic heterocycles. The van der Waals surface area contributed by atoms with Crippen LogP contribution in [0.4, 0.5) is 5.69 Å². The molecule has 2 aromatic carbocycles. The number of nitrogens with one attached hydrogen (secondary N) is 1. The predicted molar refractivity (Wildman–Crippen MR) is 151 cm³/mol. The van der Waals surface area contributed by atoms with Crippen molar-refractivity contribution in [1.82, 2.24) is 14.9 Å². The van der Waals surface area contributed by atoms with Gasteiger partial charge in [0.05, 0.1) is 17.8 Å². The fraction of sp³-hybridized carbons (Fsp3) is 0.241. The van der Waals surface area contributed by atoms with Crippen LogP contribution in [0, 0.1) is 13.8 Å². The highest BCUT2D eigenvalue weighted by molar-refractivity contribution is 9.10. The summed E-state index contributed by atoms with van der Waals surface area (Å²) in [5.74, 6) is 0.480. The molecule has 0 unspecified atom stereocenters. The van der Waals surface area contributed by atoms with E-state index in [9.17, 15) is 0 Å². The Morgan fingerprint density at radius 3 is 2.37 bits per heavy atom. The zero-order valence-electron chi connectivity index (χ0n) is 20.4. The minimum atomic E-state index is -0.0649. The molecule has 4 nitrogen and oxygen atoms in total. The summed E-state index contributed by atoms with van der Waals surface area (Å²) >= 11 is 9.56. The molecule has 0 aliphatic carbocycles. The number of aromatic nitrogens is 2. The summed E-state index contributed by atoms with van der Waals surface area (Å²) < 4.78 is 3.38. The monoisotopic (exact) mass is 544 g/mol. The number of hydrogen-bond donors (Lipinski definition) is 1. The molecule has 1 aliphatic rings. The molecular formula is C29H29BrN4S. The summed E-state index contributed by atoms with van der Waals surface area (Å²) in [5.41, 5.74) is 8.13. The molecule has 2 atom stereocenters. The molecule has 2 aromatic heterocycles.